The number of nitrogens with zero attached hydrogens (tertiary/aromatic N) is 2. The van der Waals surface area contributed by atoms with Crippen molar-refractivity contribution in [2.24, 2.45) is 0 Å². The highest BCUT2D eigenvalue weighted by atomic mass is 35.5. The molecule has 1 aromatic heterocycles. The SMILES string of the molecule is CCc1ccc(N(C(=O)CCC(=O)Nc2cc(C)on2)[C@H](C(=O)NC(C)(C)CC)c2ccccc2Cl)cc1. The van der Waals surface area contributed by atoms with Gasteiger partial charge in [0.15, 0.2) is 5.82 Å². The average molecular weight is 539 g/mol. The summed E-state index contributed by atoms with van der Waals surface area (Å²) in [6.07, 6.45) is 1.28. The molecule has 0 fully saturated rings. The minimum absolute atomic E-state index is 0.106. The van der Waals surface area contributed by atoms with Crippen LogP contribution in [0.1, 0.15) is 69.9 Å². The van der Waals surface area contributed by atoms with E-state index in [-0.39, 0.29) is 24.6 Å². The Balaban J connectivity index is 1.98. The number of benzene rings is 2. The fourth-order valence-electron chi connectivity index (χ4n) is 3.89. The van der Waals surface area contributed by atoms with Crippen LogP contribution in [0.2, 0.25) is 5.02 Å². The van der Waals surface area contributed by atoms with E-state index in [1.165, 1.54) is 4.90 Å². The minimum Gasteiger partial charge on any atom is -0.360 e. The van der Waals surface area contributed by atoms with Crippen molar-refractivity contribution in [3.8, 4) is 0 Å². The third-order valence-electron chi connectivity index (χ3n) is 6.40. The summed E-state index contributed by atoms with van der Waals surface area (Å²) in [7, 11) is 0. The predicted octanol–water partition coefficient (Wildman–Crippen LogP) is 6.00. The van der Waals surface area contributed by atoms with Gasteiger partial charge in [-0.2, -0.15) is 0 Å². The van der Waals surface area contributed by atoms with Crippen LogP contribution in [0.5, 0.6) is 0 Å². The summed E-state index contributed by atoms with van der Waals surface area (Å²) in [5.74, 6) is -0.307. The predicted molar refractivity (Wildman–Crippen MR) is 149 cm³/mol. The molecule has 3 aromatic rings. The van der Waals surface area contributed by atoms with Crippen molar-refractivity contribution in [1.29, 1.82) is 0 Å². The fourth-order valence-corrected chi connectivity index (χ4v) is 4.12. The molecule has 0 aliphatic rings. The third kappa shape index (κ3) is 7.44. The number of amides is 3. The molecule has 38 heavy (non-hydrogen) atoms. The van der Waals surface area contributed by atoms with E-state index >= 15 is 0 Å². The van der Waals surface area contributed by atoms with Crippen LogP contribution in [0.15, 0.2) is 59.1 Å². The first-order chi connectivity index (χ1) is 18.0. The molecule has 2 aromatic carbocycles. The molecule has 1 atom stereocenters. The molecule has 0 aliphatic carbocycles. The van der Waals surface area contributed by atoms with Crippen LogP contribution < -0.4 is 15.5 Å². The lowest BCUT2D eigenvalue weighted by molar-refractivity contribution is -0.128. The maximum Gasteiger partial charge on any atom is 0.248 e. The summed E-state index contributed by atoms with van der Waals surface area (Å²) in [5.41, 5.74) is 1.62. The molecule has 0 spiro atoms. The number of hydrogen-bond donors (Lipinski definition) is 2. The van der Waals surface area contributed by atoms with Gasteiger partial charge >= 0.3 is 0 Å². The second-order valence-electron chi connectivity index (χ2n) is 9.81. The Morgan fingerprint density at radius 1 is 1.05 bits per heavy atom. The lowest BCUT2D eigenvalue weighted by Crippen LogP contribution is -2.50. The Hall–Kier alpha value is -3.65. The molecule has 0 saturated heterocycles. The van der Waals surface area contributed by atoms with E-state index in [0.29, 0.717) is 28.5 Å². The molecular formula is C29H35ClN4O4. The standard InChI is InChI=1S/C29H35ClN4O4/c1-6-20-12-14-21(15-13-20)34(26(36)17-16-25(35)31-24-18-19(3)38-33-24)27(22-10-8-9-11-23(22)30)28(37)32-29(4,5)7-2/h8-15,18,27H,6-7,16-17H2,1-5H3,(H,32,37)(H,31,33,35)/t27-/m0/s1. The van der Waals surface area contributed by atoms with E-state index in [4.69, 9.17) is 16.1 Å². The summed E-state index contributed by atoms with van der Waals surface area (Å²) in [6.45, 7) is 9.58. The van der Waals surface area contributed by atoms with Gasteiger partial charge in [-0.25, -0.2) is 0 Å². The minimum atomic E-state index is -1.05. The summed E-state index contributed by atoms with van der Waals surface area (Å²) in [6, 6.07) is 15.0. The molecule has 8 nitrogen and oxygen atoms in total. The van der Waals surface area contributed by atoms with Gasteiger partial charge in [0.25, 0.3) is 0 Å². The number of halogens is 1. The number of hydrogen-bond acceptors (Lipinski definition) is 5. The first-order valence-corrected chi connectivity index (χ1v) is 13.1. The number of nitrogens with one attached hydrogen (secondary N) is 2. The highest BCUT2D eigenvalue weighted by Crippen LogP contribution is 2.33. The normalized spacial score (nSPS) is 12.1. The summed E-state index contributed by atoms with van der Waals surface area (Å²) >= 11 is 6.57. The Morgan fingerprint density at radius 2 is 1.74 bits per heavy atom. The van der Waals surface area contributed by atoms with Crippen LogP contribution in [-0.4, -0.2) is 28.4 Å². The monoisotopic (exact) mass is 538 g/mol. The number of carbonyl (C=O) groups is 3. The van der Waals surface area contributed by atoms with Gasteiger partial charge in [0.05, 0.1) is 0 Å². The zero-order valence-electron chi connectivity index (χ0n) is 22.5. The number of rotatable bonds is 11. The zero-order valence-corrected chi connectivity index (χ0v) is 23.3. The smallest absolute Gasteiger partial charge is 0.248 e. The van der Waals surface area contributed by atoms with Gasteiger partial charge in [-0.1, -0.05) is 60.9 Å². The Labute approximate surface area is 228 Å². The molecule has 202 valence electrons. The van der Waals surface area contributed by atoms with Crippen LogP contribution in [0.4, 0.5) is 11.5 Å². The van der Waals surface area contributed by atoms with Crippen LogP contribution >= 0.6 is 11.6 Å². The summed E-state index contributed by atoms with van der Waals surface area (Å²) in [5, 5.41) is 9.82. The third-order valence-corrected chi connectivity index (χ3v) is 6.75. The molecule has 1 heterocycles. The Bertz CT molecular complexity index is 1270. The van der Waals surface area contributed by atoms with E-state index in [0.717, 1.165) is 12.0 Å². The molecular weight excluding hydrogens is 504 g/mol. The summed E-state index contributed by atoms with van der Waals surface area (Å²) in [4.78, 5) is 41.6. The van der Waals surface area contributed by atoms with Crippen LogP contribution in [0.25, 0.3) is 0 Å². The highest BCUT2D eigenvalue weighted by Gasteiger charge is 2.36. The Morgan fingerprint density at radius 3 is 2.32 bits per heavy atom. The van der Waals surface area contributed by atoms with E-state index in [1.54, 1.807) is 37.3 Å². The van der Waals surface area contributed by atoms with Crippen molar-refractivity contribution in [1.82, 2.24) is 10.5 Å². The number of anilines is 2. The van der Waals surface area contributed by atoms with E-state index in [1.807, 2.05) is 52.0 Å². The molecule has 0 radical (unpaired) electrons. The Kier molecular flexibility index (Phi) is 9.69. The van der Waals surface area contributed by atoms with Crippen molar-refractivity contribution >= 4 is 40.8 Å². The molecule has 0 aliphatic heterocycles. The number of carbonyl (C=O) groups excluding carboxylic acids is 3. The first kappa shape index (κ1) is 28.9. The summed E-state index contributed by atoms with van der Waals surface area (Å²) < 4.78 is 4.98. The van der Waals surface area contributed by atoms with Gasteiger partial charge in [-0.05, 0) is 57.4 Å². The quantitative estimate of drug-likeness (QED) is 0.311. The van der Waals surface area contributed by atoms with Crippen molar-refractivity contribution in [3.05, 3.63) is 76.5 Å². The van der Waals surface area contributed by atoms with E-state index < -0.39 is 23.4 Å². The van der Waals surface area contributed by atoms with Gasteiger partial charge in [0.2, 0.25) is 17.7 Å². The number of aromatic nitrogens is 1. The largest absolute Gasteiger partial charge is 0.360 e. The van der Waals surface area contributed by atoms with Crippen LogP contribution in [-0.2, 0) is 20.8 Å². The maximum absolute atomic E-state index is 13.8. The number of aryl methyl sites for hydroxylation is 2. The van der Waals surface area contributed by atoms with Gasteiger partial charge < -0.3 is 15.2 Å². The van der Waals surface area contributed by atoms with Gasteiger partial charge in [-0.3, -0.25) is 19.3 Å². The molecule has 0 bridgehead atoms. The van der Waals surface area contributed by atoms with Crippen molar-refractivity contribution < 1.29 is 18.9 Å². The first-order valence-electron chi connectivity index (χ1n) is 12.7. The highest BCUT2D eigenvalue weighted by molar-refractivity contribution is 6.31. The second kappa shape index (κ2) is 12.7. The molecule has 9 heteroatoms. The molecule has 0 saturated carbocycles. The van der Waals surface area contributed by atoms with Crippen LogP contribution in [0, 0.1) is 6.92 Å². The lowest BCUT2D eigenvalue weighted by atomic mass is 9.97. The van der Waals surface area contributed by atoms with Crippen molar-refractivity contribution in [2.75, 3.05) is 10.2 Å². The average Bonchev–Trinajstić information content (AvgIpc) is 3.30. The van der Waals surface area contributed by atoms with Gasteiger partial charge in [-0.15, -0.1) is 0 Å². The van der Waals surface area contributed by atoms with Crippen molar-refractivity contribution in [2.45, 2.75) is 71.9 Å². The molecule has 3 amide bonds. The lowest BCUT2D eigenvalue weighted by Gasteiger charge is -2.35. The van der Waals surface area contributed by atoms with Crippen molar-refractivity contribution in [3.63, 3.8) is 0 Å². The van der Waals surface area contributed by atoms with E-state index in [2.05, 4.69) is 15.8 Å². The topological polar surface area (TPSA) is 105 Å². The molecule has 2 N–H and O–H groups in total. The second-order valence-corrected chi connectivity index (χ2v) is 10.2. The maximum atomic E-state index is 13.8. The van der Waals surface area contributed by atoms with Gasteiger partial charge in [0, 0.05) is 40.7 Å². The molecule has 0 unspecified atom stereocenters. The zero-order chi connectivity index (χ0) is 27.9. The van der Waals surface area contributed by atoms with Crippen LogP contribution in [0.3, 0.4) is 0 Å². The fraction of sp³-hybridized carbons (Fsp3) is 0.379. The molecule has 3 rings (SSSR count). The van der Waals surface area contributed by atoms with E-state index in [9.17, 15) is 14.4 Å². The van der Waals surface area contributed by atoms with Gasteiger partial charge in [0.1, 0.15) is 11.8 Å².